The Hall–Kier alpha value is -0.910. The summed E-state index contributed by atoms with van der Waals surface area (Å²) < 4.78 is 12.3. The highest BCUT2D eigenvalue weighted by molar-refractivity contribution is 5.66. The van der Waals surface area contributed by atoms with E-state index in [9.17, 15) is 15.0 Å². The summed E-state index contributed by atoms with van der Waals surface area (Å²) >= 11 is 0. The van der Waals surface area contributed by atoms with E-state index >= 15 is 0 Å². The van der Waals surface area contributed by atoms with Crippen LogP contribution < -0.4 is 0 Å². The van der Waals surface area contributed by atoms with Crippen molar-refractivity contribution in [3.63, 3.8) is 0 Å². The van der Waals surface area contributed by atoms with Crippen LogP contribution in [0.25, 0.3) is 0 Å². The van der Waals surface area contributed by atoms with Gasteiger partial charge in [0.05, 0.1) is 23.9 Å². The van der Waals surface area contributed by atoms with Gasteiger partial charge in [-0.3, -0.25) is 4.79 Å². The molecule has 3 saturated carbocycles. The van der Waals surface area contributed by atoms with Crippen LogP contribution >= 0.6 is 0 Å². The molecule has 35 heavy (non-hydrogen) atoms. The Morgan fingerprint density at radius 2 is 1.86 bits per heavy atom. The number of carbonyl (C=O) groups excluding carboxylic acids is 1. The van der Waals surface area contributed by atoms with Crippen LogP contribution in [0.5, 0.6) is 0 Å². The standard InChI is InChI=1S/C30H48O5.H2/c1-17(31)34-26(28(4,5)33)22-10-9-20-23(35-22)16-21-18-8-11-24-27(2,3)25(32)13-15-30(24,7)19(18)12-14-29(20,21)6;/h12,18,20-26,32-33H,8-11,13-16H2,1-7H3;1H/t18?,20?,21?,22?,23?,24?,25-,26-,29?,30?;/m0./s1. The molecular formula is C30H50O5. The van der Waals surface area contributed by atoms with Crippen LogP contribution in [-0.2, 0) is 14.3 Å². The lowest BCUT2D eigenvalue weighted by atomic mass is 9.44. The van der Waals surface area contributed by atoms with Crippen molar-refractivity contribution in [2.24, 2.45) is 39.9 Å². The number of hydrogen-bond donors (Lipinski definition) is 2. The molecule has 0 aromatic heterocycles. The third kappa shape index (κ3) is 3.85. The minimum atomic E-state index is -1.14. The van der Waals surface area contributed by atoms with E-state index in [4.69, 9.17) is 9.47 Å². The molecule has 1 heterocycles. The lowest BCUT2D eigenvalue weighted by Gasteiger charge is -2.61. The van der Waals surface area contributed by atoms with Crippen molar-refractivity contribution in [2.75, 3.05) is 0 Å². The number of carbonyl (C=O) groups is 1. The Morgan fingerprint density at radius 1 is 1.14 bits per heavy atom. The first-order valence-electron chi connectivity index (χ1n) is 14.1. The molecule has 5 aliphatic rings. The maximum absolute atomic E-state index is 11.8. The molecule has 4 fully saturated rings. The number of aliphatic hydroxyl groups is 2. The van der Waals surface area contributed by atoms with E-state index in [1.54, 1.807) is 19.4 Å². The van der Waals surface area contributed by atoms with E-state index in [2.05, 4.69) is 33.8 Å². The summed E-state index contributed by atoms with van der Waals surface area (Å²) in [6.45, 7) is 14.4. The highest BCUT2D eigenvalue weighted by Gasteiger charge is 2.63. The fourth-order valence-electron chi connectivity index (χ4n) is 9.82. The van der Waals surface area contributed by atoms with E-state index in [-0.39, 0.29) is 42.0 Å². The normalized spacial score (nSPS) is 47.5. The summed E-state index contributed by atoms with van der Waals surface area (Å²) in [4.78, 5) is 11.8. The van der Waals surface area contributed by atoms with E-state index in [1.165, 1.54) is 19.8 Å². The number of ether oxygens (including phenoxy) is 2. The lowest BCUT2D eigenvalue weighted by Crippen LogP contribution is -2.55. The SMILES string of the molecule is CC(=O)O[C@@H](C1CCC2C(CC3C4CCC5C(C)(CC[C@H](O)C5(C)C)C4=CCC23C)O1)C(C)(C)O.[HH]. The van der Waals surface area contributed by atoms with Gasteiger partial charge in [-0.1, -0.05) is 39.3 Å². The van der Waals surface area contributed by atoms with E-state index in [1.807, 2.05) is 0 Å². The Labute approximate surface area is 213 Å². The molecule has 0 aromatic rings. The van der Waals surface area contributed by atoms with Gasteiger partial charge in [0.1, 0.15) is 0 Å². The maximum Gasteiger partial charge on any atom is 0.303 e. The molecule has 1 saturated heterocycles. The predicted molar refractivity (Wildman–Crippen MR) is 138 cm³/mol. The number of hydrogen-bond acceptors (Lipinski definition) is 5. The molecule has 0 aromatic carbocycles. The van der Waals surface area contributed by atoms with Crippen molar-refractivity contribution < 1.29 is 25.9 Å². The zero-order valence-corrected chi connectivity index (χ0v) is 23.0. The van der Waals surface area contributed by atoms with E-state index in [0.717, 1.165) is 38.5 Å². The quantitative estimate of drug-likeness (QED) is 0.394. The smallest absolute Gasteiger partial charge is 0.303 e. The monoisotopic (exact) mass is 490 g/mol. The summed E-state index contributed by atoms with van der Waals surface area (Å²) in [6, 6.07) is 0. The van der Waals surface area contributed by atoms with Crippen molar-refractivity contribution in [3.05, 3.63) is 11.6 Å². The van der Waals surface area contributed by atoms with Crippen molar-refractivity contribution in [1.82, 2.24) is 0 Å². The molecule has 8 unspecified atom stereocenters. The first-order chi connectivity index (χ1) is 16.2. The number of fused-ring (bicyclic) bond motifs is 7. The molecular weight excluding hydrogens is 440 g/mol. The molecule has 0 radical (unpaired) electrons. The fraction of sp³-hybridized carbons (Fsp3) is 0.900. The Morgan fingerprint density at radius 3 is 2.51 bits per heavy atom. The molecule has 200 valence electrons. The highest BCUT2D eigenvalue weighted by Crippen LogP contribution is 2.69. The molecule has 0 amide bonds. The van der Waals surface area contributed by atoms with Gasteiger partial charge in [-0.15, -0.1) is 0 Å². The second kappa shape index (κ2) is 8.30. The first kappa shape index (κ1) is 25.7. The average Bonchev–Trinajstić information content (AvgIpc) is 3.06. The molecule has 5 heteroatoms. The van der Waals surface area contributed by atoms with Crippen LogP contribution in [0.2, 0.25) is 0 Å². The minimum Gasteiger partial charge on any atom is -0.457 e. The van der Waals surface area contributed by atoms with E-state index in [0.29, 0.717) is 23.7 Å². The van der Waals surface area contributed by atoms with Gasteiger partial charge in [-0.05, 0) is 105 Å². The summed E-state index contributed by atoms with van der Waals surface area (Å²) in [5.74, 6) is 1.89. The van der Waals surface area contributed by atoms with Crippen molar-refractivity contribution >= 4 is 5.97 Å². The maximum atomic E-state index is 11.8. The summed E-state index contributed by atoms with van der Waals surface area (Å²) in [7, 11) is 0. The van der Waals surface area contributed by atoms with Crippen molar-refractivity contribution in [3.8, 4) is 0 Å². The zero-order valence-electron chi connectivity index (χ0n) is 23.0. The van der Waals surface area contributed by atoms with Gasteiger partial charge in [0.15, 0.2) is 6.10 Å². The van der Waals surface area contributed by atoms with E-state index < -0.39 is 11.7 Å². The molecule has 4 aliphatic carbocycles. The predicted octanol–water partition coefficient (Wildman–Crippen LogP) is 5.67. The molecule has 0 spiro atoms. The van der Waals surface area contributed by atoms with Crippen LogP contribution in [-0.4, -0.2) is 46.2 Å². The molecule has 0 bridgehead atoms. The Balaban J connectivity index is 0.00000304. The highest BCUT2D eigenvalue weighted by atomic mass is 16.6. The van der Waals surface area contributed by atoms with Gasteiger partial charge in [0, 0.05) is 8.35 Å². The third-order valence-electron chi connectivity index (χ3n) is 11.6. The van der Waals surface area contributed by atoms with Crippen molar-refractivity contribution in [1.29, 1.82) is 0 Å². The Kier molecular flexibility index (Phi) is 6.10. The second-order valence-corrected chi connectivity index (χ2v) is 14.3. The van der Waals surface area contributed by atoms with Gasteiger partial charge in [0.2, 0.25) is 0 Å². The van der Waals surface area contributed by atoms with Crippen molar-refractivity contribution in [2.45, 2.75) is 130 Å². The van der Waals surface area contributed by atoms with Gasteiger partial charge in [0.25, 0.3) is 0 Å². The van der Waals surface area contributed by atoms with Crippen LogP contribution in [0.3, 0.4) is 0 Å². The molecule has 1 aliphatic heterocycles. The number of allylic oxidation sites excluding steroid dienone is 2. The van der Waals surface area contributed by atoms with Crippen LogP contribution in [0.1, 0.15) is 101 Å². The summed E-state index contributed by atoms with van der Waals surface area (Å²) in [5.41, 5.74) is 0.926. The lowest BCUT2D eigenvalue weighted by molar-refractivity contribution is -0.199. The molecule has 5 rings (SSSR count). The van der Waals surface area contributed by atoms with Gasteiger partial charge < -0.3 is 19.7 Å². The van der Waals surface area contributed by atoms with Gasteiger partial charge in [-0.25, -0.2) is 0 Å². The van der Waals surface area contributed by atoms with Gasteiger partial charge in [-0.2, -0.15) is 0 Å². The van der Waals surface area contributed by atoms with Crippen LogP contribution in [0.4, 0.5) is 0 Å². The number of aliphatic hydroxyl groups excluding tert-OH is 1. The minimum absolute atomic E-state index is 0. The first-order valence-corrected chi connectivity index (χ1v) is 14.1. The summed E-state index contributed by atoms with van der Waals surface area (Å²) in [5, 5.41) is 21.6. The topological polar surface area (TPSA) is 76.0 Å². The zero-order chi connectivity index (χ0) is 25.6. The molecule has 10 atom stereocenters. The summed E-state index contributed by atoms with van der Waals surface area (Å²) in [6.07, 6.45) is 10.1. The van der Waals surface area contributed by atoms with Gasteiger partial charge >= 0.3 is 5.97 Å². The van der Waals surface area contributed by atoms with Crippen LogP contribution in [0.15, 0.2) is 11.6 Å². The number of esters is 1. The molecule has 2 N–H and O–H groups in total. The second-order valence-electron chi connectivity index (χ2n) is 14.3. The fourth-order valence-corrected chi connectivity index (χ4v) is 9.82. The average molecular weight is 491 g/mol. The Bertz CT molecular complexity index is 892. The number of rotatable bonds is 3. The third-order valence-corrected chi connectivity index (χ3v) is 11.6. The largest absolute Gasteiger partial charge is 0.457 e. The molecule has 5 nitrogen and oxygen atoms in total. The van der Waals surface area contributed by atoms with Crippen LogP contribution in [0, 0.1) is 39.9 Å².